The summed E-state index contributed by atoms with van der Waals surface area (Å²) in [7, 11) is 0. The molecule has 0 saturated heterocycles. The quantitative estimate of drug-likeness (QED) is 0.545. The van der Waals surface area contributed by atoms with Crippen molar-refractivity contribution in [3.05, 3.63) is 50.4 Å². The number of nitrogens with one attached hydrogen (secondary N) is 3. The van der Waals surface area contributed by atoms with Crippen molar-refractivity contribution in [3.63, 3.8) is 0 Å². The molecule has 0 saturated carbocycles. The van der Waals surface area contributed by atoms with E-state index in [9.17, 15) is 19.2 Å². The van der Waals surface area contributed by atoms with Gasteiger partial charge in [0.05, 0.1) is 17.6 Å². The zero-order valence-electron chi connectivity index (χ0n) is 17.1. The van der Waals surface area contributed by atoms with Crippen LogP contribution in [0.2, 0.25) is 0 Å². The van der Waals surface area contributed by atoms with Crippen molar-refractivity contribution in [2.75, 3.05) is 18.5 Å². The number of ether oxygens (including phenoxy) is 1. The van der Waals surface area contributed by atoms with E-state index in [0.29, 0.717) is 41.2 Å². The van der Waals surface area contributed by atoms with Crippen LogP contribution < -0.4 is 20.9 Å². The molecule has 3 N–H and O–H groups in total. The third-order valence-corrected chi connectivity index (χ3v) is 6.61. The molecule has 2 aliphatic heterocycles. The predicted molar refractivity (Wildman–Crippen MR) is 117 cm³/mol. The summed E-state index contributed by atoms with van der Waals surface area (Å²) >= 11 is 1.34. The highest BCUT2D eigenvalue weighted by molar-refractivity contribution is 7.18. The lowest BCUT2D eigenvalue weighted by atomic mass is 10.1. The number of benzene rings is 1. The Morgan fingerprint density at radius 2 is 2.16 bits per heavy atom. The van der Waals surface area contributed by atoms with Crippen molar-refractivity contribution < 1.29 is 19.1 Å². The topological polar surface area (TPSA) is 133 Å². The fraction of sp³-hybridized carbons (Fsp3) is 0.286. The Morgan fingerprint density at radius 1 is 1.31 bits per heavy atom. The number of hydrogen-bond acceptors (Lipinski definition) is 7. The normalized spacial score (nSPS) is 14.9. The molecule has 164 valence electrons. The first kappa shape index (κ1) is 20.2. The highest BCUT2D eigenvalue weighted by Gasteiger charge is 2.25. The molecule has 0 spiro atoms. The molecule has 3 aromatic rings. The number of H-pyrrole nitrogens is 1. The Kier molecular flexibility index (Phi) is 4.89. The van der Waals surface area contributed by atoms with Gasteiger partial charge in [0.25, 0.3) is 17.4 Å². The number of thiophene rings is 1. The van der Waals surface area contributed by atoms with Gasteiger partial charge in [0.2, 0.25) is 11.7 Å². The number of amides is 3. The van der Waals surface area contributed by atoms with Gasteiger partial charge in [-0.15, -0.1) is 11.3 Å². The van der Waals surface area contributed by atoms with Gasteiger partial charge in [-0.05, 0) is 29.7 Å². The number of rotatable bonds is 3. The van der Waals surface area contributed by atoms with Gasteiger partial charge < -0.3 is 25.3 Å². The van der Waals surface area contributed by atoms with Crippen LogP contribution in [0, 0.1) is 0 Å². The minimum Gasteiger partial charge on any atom is -0.482 e. The first-order chi connectivity index (χ1) is 15.4. The molecule has 0 fully saturated rings. The molecule has 3 amide bonds. The maximum atomic E-state index is 12.7. The molecule has 2 aliphatic rings. The third kappa shape index (κ3) is 3.60. The van der Waals surface area contributed by atoms with Crippen molar-refractivity contribution in [3.8, 4) is 5.75 Å². The molecule has 0 atom stereocenters. The predicted octanol–water partition coefficient (Wildman–Crippen LogP) is 1.15. The van der Waals surface area contributed by atoms with Crippen LogP contribution in [-0.2, 0) is 29.1 Å². The van der Waals surface area contributed by atoms with E-state index in [-0.39, 0.29) is 36.3 Å². The van der Waals surface area contributed by atoms with Gasteiger partial charge in [-0.3, -0.25) is 19.2 Å². The van der Waals surface area contributed by atoms with Crippen molar-refractivity contribution in [2.45, 2.75) is 26.4 Å². The molecular formula is C21H19N5O5S. The Hall–Kier alpha value is -3.73. The second-order valence-electron chi connectivity index (χ2n) is 7.64. The fourth-order valence-electron chi connectivity index (χ4n) is 3.88. The molecule has 0 radical (unpaired) electrons. The average Bonchev–Trinajstić information content (AvgIpc) is 3.15. The second kappa shape index (κ2) is 7.75. The molecule has 0 bridgehead atoms. The van der Waals surface area contributed by atoms with E-state index in [1.54, 1.807) is 23.1 Å². The largest absolute Gasteiger partial charge is 0.482 e. The van der Waals surface area contributed by atoms with E-state index in [4.69, 9.17) is 4.74 Å². The molecule has 11 heteroatoms. The second-order valence-corrected chi connectivity index (χ2v) is 8.72. The number of aromatic amines is 1. The zero-order valence-corrected chi connectivity index (χ0v) is 17.9. The first-order valence-electron chi connectivity index (χ1n) is 10.0. The van der Waals surface area contributed by atoms with E-state index in [0.717, 1.165) is 16.0 Å². The van der Waals surface area contributed by atoms with Crippen LogP contribution in [0.1, 0.15) is 33.5 Å². The van der Waals surface area contributed by atoms with Crippen molar-refractivity contribution >= 4 is 45.0 Å². The number of nitrogens with zero attached hydrogens (tertiary/aromatic N) is 2. The Labute approximate surface area is 185 Å². The number of carbonyl (C=O) groups is 3. The number of hydrogen-bond donors (Lipinski definition) is 3. The summed E-state index contributed by atoms with van der Waals surface area (Å²) in [5, 5.41) is 5.95. The van der Waals surface area contributed by atoms with Crippen LogP contribution in [0.3, 0.4) is 0 Å². The lowest BCUT2D eigenvalue weighted by molar-refractivity contribution is -0.129. The Morgan fingerprint density at radius 3 is 2.97 bits per heavy atom. The van der Waals surface area contributed by atoms with Crippen LogP contribution in [0.15, 0.2) is 23.0 Å². The standard InChI is InChI=1S/C21H19N5O5S/c1-10(27)26-5-4-12-15(8-26)32-21-17(12)19(29)24-18(25-21)20(30)22-7-11-2-3-14-13(6-11)23-16(28)9-31-14/h2-3,6H,4-5,7-9H2,1H3,(H,22,30)(H,23,28)(H,24,25,29). The van der Waals surface area contributed by atoms with Crippen LogP contribution in [0.5, 0.6) is 5.75 Å². The summed E-state index contributed by atoms with van der Waals surface area (Å²) in [4.78, 5) is 58.6. The summed E-state index contributed by atoms with van der Waals surface area (Å²) in [6.45, 7) is 2.68. The van der Waals surface area contributed by atoms with Crippen LogP contribution in [-0.4, -0.2) is 45.7 Å². The third-order valence-electron chi connectivity index (χ3n) is 5.50. The maximum Gasteiger partial charge on any atom is 0.287 e. The molecule has 0 aliphatic carbocycles. The molecule has 2 aromatic heterocycles. The molecule has 4 heterocycles. The molecule has 32 heavy (non-hydrogen) atoms. The van der Waals surface area contributed by atoms with Crippen LogP contribution >= 0.6 is 11.3 Å². The minimum atomic E-state index is -0.515. The fourth-order valence-corrected chi connectivity index (χ4v) is 5.12. The molecule has 1 aromatic carbocycles. The Bertz CT molecular complexity index is 1340. The van der Waals surface area contributed by atoms with E-state index in [1.807, 2.05) is 0 Å². The van der Waals surface area contributed by atoms with Crippen molar-refractivity contribution in [2.24, 2.45) is 0 Å². The minimum absolute atomic E-state index is 0.0108. The smallest absolute Gasteiger partial charge is 0.287 e. The summed E-state index contributed by atoms with van der Waals surface area (Å²) in [5.74, 6) is -0.263. The van der Waals surface area contributed by atoms with Crippen LogP contribution in [0.25, 0.3) is 10.2 Å². The van der Waals surface area contributed by atoms with Crippen molar-refractivity contribution in [1.29, 1.82) is 0 Å². The highest BCUT2D eigenvalue weighted by Crippen LogP contribution is 2.32. The van der Waals surface area contributed by atoms with Gasteiger partial charge in [0.15, 0.2) is 6.61 Å². The van der Waals surface area contributed by atoms with E-state index in [2.05, 4.69) is 20.6 Å². The SMILES string of the molecule is CC(=O)N1CCc2c(sc3nc(C(=O)NCc4ccc5c(c4)NC(=O)CO5)[nH]c(=O)c23)C1. The average molecular weight is 453 g/mol. The monoisotopic (exact) mass is 453 g/mol. The molecule has 0 unspecified atom stereocenters. The Balaban J connectivity index is 1.35. The maximum absolute atomic E-state index is 12.7. The summed E-state index contributed by atoms with van der Waals surface area (Å²) in [6.07, 6.45) is 0.587. The number of aromatic nitrogens is 2. The highest BCUT2D eigenvalue weighted by atomic mass is 32.1. The van der Waals surface area contributed by atoms with Gasteiger partial charge in [0.1, 0.15) is 10.6 Å². The lowest BCUT2D eigenvalue weighted by Gasteiger charge is -2.25. The van der Waals surface area contributed by atoms with Gasteiger partial charge in [-0.1, -0.05) is 6.07 Å². The lowest BCUT2D eigenvalue weighted by Crippen LogP contribution is -2.33. The molecule has 5 rings (SSSR count). The number of fused-ring (bicyclic) bond motifs is 4. The van der Waals surface area contributed by atoms with E-state index < -0.39 is 5.91 Å². The van der Waals surface area contributed by atoms with Crippen LogP contribution in [0.4, 0.5) is 5.69 Å². The van der Waals surface area contributed by atoms with E-state index in [1.165, 1.54) is 18.3 Å². The first-order valence-corrected chi connectivity index (χ1v) is 10.8. The molecule has 10 nitrogen and oxygen atoms in total. The number of carbonyl (C=O) groups excluding carboxylic acids is 3. The summed E-state index contributed by atoms with van der Waals surface area (Å²) < 4.78 is 5.32. The van der Waals surface area contributed by atoms with Gasteiger partial charge >= 0.3 is 0 Å². The van der Waals surface area contributed by atoms with Gasteiger partial charge in [0, 0.05) is 24.9 Å². The summed E-state index contributed by atoms with van der Waals surface area (Å²) in [5.41, 5.74) is 1.84. The molecular weight excluding hydrogens is 434 g/mol. The van der Waals surface area contributed by atoms with E-state index >= 15 is 0 Å². The van der Waals surface area contributed by atoms with Crippen molar-refractivity contribution in [1.82, 2.24) is 20.2 Å². The zero-order chi connectivity index (χ0) is 22.4. The number of anilines is 1. The van der Waals surface area contributed by atoms with Gasteiger partial charge in [-0.25, -0.2) is 4.98 Å². The summed E-state index contributed by atoms with van der Waals surface area (Å²) in [6, 6.07) is 5.23. The van der Waals surface area contributed by atoms with Gasteiger partial charge in [-0.2, -0.15) is 0 Å².